The molecule has 0 heterocycles. The fourth-order valence-corrected chi connectivity index (χ4v) is 5.06. The van der Waals surface area contributed by atoms with Gasteiger partial charge in [-0.15, -0.1) is 0 Å². The summed E-state index contributed by atoms with van der Waals surface area (Å²) in [6.45, 7) is 0. The van der Waals surface area contributed by atoms with E-state index in [0.29, 0.717) is 0 Å². The average Bonchev–Trinajstić information content (AvgIpc) is 2.78. The minimum absolute atomic E-state index is 0.311. The molecule has 0 saturated carbocycles. The molecule has 2 atom stereocenters. The summed E-state index contributed by atoms with van der Waals surface area (Å²) >= 11 is 0. The Labute approximate surface area is 199 Å². The van der Waals surface area contributed by atoms with Gasteiger partial charge in [-0.1, -0.05) is 36.4 Å². The van der Waals surface area contributed by atoms with Crippen LogP contribution in [0, 0.1) is 0 Å². The lowest BCUT2D eigenvalue weighted by atomic mass is 10.2. The predicted octanol–water partition coefficient (Wildman–Crippen LogP) is -0.300. The van der Waals surface area contributed by atoms with Crippen LogP contribution >= 0.6 is 0 Å². The van der Waals surface area contributed by atoms with Crippen LogP contribution in [-0.2, 0) is 44.0 Å². The number of nitrogens with one attached hydrogen (secondary N) is 2. The lowest BCUT2D eigenvalue weighted by Crippen LogP contribution is -2.48. The van der Waals surface area contributed by atoms with Crippen LogP contribution in [0.4, 0.5) is 0 Å². The molecule has 0 amide bonds. The molecule has 0 aliphatic carbocycles. The normalized spacial score (nSPS) is 13.4. The van der Waals surface area contributed by atoms with Crippen molar-refractivity contribution >= 4 is 43.9 Å². The van der Waals surface area contributed by atoms with Gasteiger partial charge < -0.3 is 14.9 Å². The van der Waals surface area contributed by atoms with Crippen molar-refractivity contribution in [3.05, 3.63) is 60.7 Å². The fourth-order valence-electron chi connectivity index (χ4n) is 2.65. The number of carboxylic acid groups (broad SMARTS) is 2. The molecule has 2 rings (SSSR count). The van der Waals surface area contributed by atoms with Gasteiger partial charge >= 0.3 is 23.9 Å². The van der Waals surface area contributed by atoms with Crippen molar-refractivity contribution < 1.29 is 51.0 Å². The number of esters is 2. The summed E-state index contributed by atoms with van der Waals surface area (Å²) in [6.07, 6.45) is -2.25. The molecular formula is C20H20N2O11S2. The van der Waals surface area contributed by atoms with Gasteiger partial charge in [0.1, 0.15) is 12.1 Å². The molecule has 4 N–H and O–H groups in total. The van der Waals surface area contributed by atoms with E-state index < -0.39 is 68.8 Å². The molecule has 15 heteroatoms. The largest absolute Gasteiger partial charge is 0.481 e. The van der Waals surface area contributed by atoms with E-state index in [4.69, 9.17) is 10.2 Å². The number of rotatable bonds is 12. The van der Waals surface area contributed by atoms with Crippen LogP contribution in [0.25, 0.3) is 0 Å². The van der Waals surface area contributed by atoms with E-state index in [-0.39, 0.29) is 9.79 Å². The Kier molecular flexibility index (Phi) is 9.18. The summed E-state index contributed by atoms with van der Waals surface area (Å²) in [6, 6.07) is 9.01. The first-order valence-corrected chi connectivity index (χ1v) is 12.6. The van der Waals surface area contributed by atoms with E-state index in [2.05, 4.69) is 4.74 Å². The van der Waals surface area contributed by atoms with Gasteiger partial charge in [0.05, 0.1) is 22.6 Å². The molecule has 0 saturated heterocycles. The summed E-state index contributed by atoms with van der Waals surface area (Å²) in [5, 5.41) is 18.1. The highest BCUT2D eigenvalue weighted by Crippen LogP contribution is 2.13. The van der Waals surface area contributed by atoms with Gasteiger partial charge in [0.25, 0.3) is 0 Å². The molecule has 0 radical (unpaired) electrons. The van der Waals surface area contributed by atoms with Crippen LogP contribution in [0.3, 0.4) is 0 Å². The number of benzene rings is 2. The Balaban J connectivity index is 2.24. The van der Waals surface area contributed by atoms with E-state index in [9.17, 15) is 36.0 Å². The summed E-state index contributed by atoms with van der Waals surface area (Å²) in [5.41, 5.74) is 0. The van der Waals surface area contributed by atoms with Gasteiger partial charge in [-0.05, 0) is 24.3 Å². The predicted molar refractivity (Wildman–Crippen MR) is 117 cm³/mol. The van der Waals surface area contributed by atoms with Crippen LogP contribution in [-0.4, -0.2) is 63.0 Å². The highest BCUT2D eigenvalue weighted by atomic mass is 32.2. The summed E-state index contributed by atoms with van der Waals surface area (Å²) < 4.78 is 58.0. The van der Waals surface area contributed by atoms with Gasteiger partial charge in [0.2, 0.25) is 20.0 Å². The van der Waals surface area contributed by atoms with Crippen LogP contribution in [0.1, 0.15) is 12.8 Å². The number of ether oxygens (including phenoxy) is 1. The highest BCUT2D eigenvalue weighted by Gasteiger charge is 2.35. The van der Waals surface area contributed by atoms with Crippen LogP contribution in [0.5, 0.6) is 0 Å². The molecule has 0 fully saturated rings. The summed E-state index contributed by atoms with van der Waals surface area (Å²) in [5.74, 6) is -6.60. The van der Waals surface area contributed by atoms with E-state index in [0.717, 1.165) is 24.3 Å². The second-order valence-electron chi connectivity index (χ2n) is 6.91. The molecule has 0 spiro atoms. The quantitative estimate of drug-likeness (QED) is 0.207. The second-order valence-corrected chi connectivity index (χ2v) is 10.3. The van der Waals surface area contributed by atoms with Gasteiger partial charge in [0.15, 0.2) is 0 Å². The van der Waals surface area contributed by atoms with E-state index in [1.54, 1.807) is 0 Å². The number of hydrogen-bond donors (Lipinski definition) is 4. The third-order valence-electron chi connectivity index (χ3n) is 4.23. The monoisotopic (exact) mass is 528 g/mol. The lowest BCUT2D eigenvalue weighted by molar-refractivity contribution is -0.164. The SMILES string of the molecule is O=C(O)CC(NS(=O)(=O)c1ccccc1)C(=O)OC(=O)C(CC(=O)O)NS(=O)(=O)c1ccccc1. The topological polar surface area (TPSA) is 210 Å². The number of aliphatic carboxylic acids is 2. The number of hydrogen-bond acceptors (Lipinski definition) is 9. The van der Waals surface area contributed by atoms with Crippen molar-refractivity contribution in [2.75, 3.05) is 0 Å². The zero-order chi connectivity index (χ0) is 26.2. The Morgan fingerprint density at radius 3 is 1.26 bits per heavy atom. The van der Waals surface area contributed by atoms with E-state index in [1.165, 1.54) is 36.4 Å². The zero-order valence-corrected chi connectivity index (χ0v) is 19.4. The van der Waals surface area contributed by atoms with Crippen molar-refractivity contribution in [2.24, 2.45) is 0 Å². The van der Waals surface area contributed by atoms with Crippen LogP contribution < -0.4 is 9.44 Å². The summed E-state index contributed by atoms with van der Waals surface area (Å²) in [4.78, 5) is 46.6. The highest BCUT2D eigenvalue weighted by molar-refractivity contribution is 7.89. The smallest absolute Gasteiger partial charge is 0.332 e. The number of carbonyl (C=O) groups is 4. The molecule has 13 nitrogen and oxygen atoms in total. The van der Waals surface area contributed by atoms with Gasteiger partial charge in [0, 0.05) is 0 Å². The van der Waals surface area contributed by atoms with Gasteiger partial charge in [-0.3, -0.25) is 9.59 Å². The van der Waals surface area contributed by atoms with Gasteiger partial charge in [-0.25, -0.2) is 26.4 Å². The molecule has 2 aromatic rings. The molecule has 2 unspecified atom stereocenters. The van der Waals surface area contributed by atoms with Crippen molar-refractivity contribution in [3.8, 4) is 0 Å². The standard InChI is InChI=1S/C20H20N2O11S2/c23-17(24)11-15(21-34(29,30)13-7-3-1-4-8-13)19(27)33-20(28)16(12-18(25)26)22-35(31,32)14-9-5-2-6-10-14/h1-10,15-16,21-22H,11-12H2,(H,23,24)(H,25,26). The van der Waals surface area contributed by atoms with Crippen molar-refractivity contribution in [1.29, 1.82) is 0 Å². The minimum Gasteiger partial charge on any atom is -0.481 e. The lowest BCUT2D eigenvalue weighted by Gasteiger charge is -2.19. The first-order valence-electron chi connectivity index (χ1n) is 9.65. The molecule has 0 bridgehead atoms. The Morgan fingerprint density at radius 2 is 0.971 bits per heavy atom. The summed E-state index contributed by atoms with van der Waals surface area (Å²) in [7, 11) is -8.84. The van der Waals surface area contributed by atoms with Crippen molar-refractivity contribution in [3.63, 3.8) is 0 Å². The maximum Gasteiger partial charge on any atom is 0.332 e. The maximum absolute atomic E-state index is 12.5. The molecule has 35 heavy (non-hydrogen) atoms. The van der Waals surface area contributed by atoms with Crippen molar-refractivity contribution in [1.82, 2.24) is 9.44 Å². The molecular weight excluding hydrogens is 508 g/mol. The van der Waals surface area contributed by atoms with Gasteiger partial charge in [-0.2, -0.15) is 9.44 Å². The van der Waals surface area contributed by atoms with E-state index in [1.807, 2.05) is 9.44 Å². The second kappa shape index (κ2) is 11.7. The molecule has 0 aromatic heterocycles. The van der Waals surface area contributed by atoms with E-state index >= 15 is 0 Å². The number of sulfonamides is 2. The first kappa shape index (κ1) is 27.6. The van der Waals surface area contributed by atoms with Crippen LogP contribution in [0.2, 0.25) is 0 Å². The Hall–Kier alpha value is -3.66. The first-order chi connectivity index (χ1) is 16.3. The van der Waals surface area contributed by atoms with Crippen molar-refractivity contribution in [2.45, 2.75) is 34.7 Å². The molecule has 2 aromatic carbocycles. The Bertz CT molecular complexity index is 1190. The molecule has 0 aliphatic rings. The number of carboxylic acids is 2. The average molecular weight is 529 g/mol. The Morgan fingerprint density at radius 1 is 0.657 bits per heavy atom. The fraction of sp³-hybridized carbons (Fsp3) is 0.200. The zero-order valence-electron chi connectivity index (χ0n) is 17.7. The maximum atomic E-state index is 12.5. The minimum atomic E-state index is -4.42. The third kappa shape index (κ3) is 8.25. The van der Waals surface area contributed by atoms with Crippen LogP contribution in [0.15, 0.2) is 70.5 Å². The third-order valence-corrected chi connectivity index (χ3v) is 7.20. The number of carbonyl (C=O) groups excluding carboxylic acids is 2. The molecule has 0 aliphatic heterocycles. The molecule has 188 valence electrons.